The largest absolute Gasteiger partial charge is 0.417 e. The lowest BCUT2D eigenvalue weighted by atomic mass is 10.0. The minimum atomic E-state index is -4.79. The van der Waals surface area contributed by atoms with E-state index in [-0.39, 0.29) is 12.2 Å². The maximum Gasteiger partial charge on any atom is 0.417 e. The molecule has 148 valence electrons. The van der Waals surface area contributed by atoms with Gasteiger partial charge in [-0.3, -0.25) is 4.79 Å². The Balaban J connectivity index is 2.09. The summed E-state index contributed by atoms with van der Waals surface area (Å²) in [6, 6.07) is 19.0. The van der Waals surface area contributed by atoms with E-state index in [4.69, 9.17) is 0 Å². The van der Waals surface area contributed by atoms with Crippen LogP contribution in [0.5, 0.6) is 0 Å². The quantitative estimate of drug-likeness (QED) is 0.584. The molecule has 0 fully saturated rings. The van der Waals surface area contributed by atoms with Crippen molar-refractivity contribution >= 4 is 0 Å². The molecule has 0 spiro atoms. The summed E-state index contributed by atoms with van der Waals surface area (Å²) in [5, 5.41) is 9.23. The van der Waals surface area contributed by atoms with Crippen LogP contribution in [-0.2, 0) is 19.1 Å². The van der Waals surface area contributed by atoms with Crippen LogP contribution in [0.4, 0.5) is 13.2 Å². The van der Waals surface area contributed by atoms with Gasteiger partial charge in [-0.25, -0.2) is 0 Å². The molecule has 0 saturated carbocycles. The Labute approximate surface area is 166 Å². The first-order valence-electron chi connectivity index (χ1n) is 9.17. The topological polar surface area (TPSA) is 45.8 Å². The average Bonchev–Trinajstić information content (AvgIpc) is 2.68. The minimum absolute atomic E-state index is 0.165. The van der Waals surface area contributed by atoms with Crippen LogP contribution in [0.1, 0.15) is 28.7 Å². The van der Waals surface area contributed by atoms with Gasteiger partial charge in [0.25, 0.3) is 5.56 Å². The number of nitrogens with zero attached hydrogens (tertiary/aromatic N) is 2. The van der Waals surface area contributed by atoms with Crippen molar-refractivity contribution in [1.29, 1.82) is 5.26 Å². The van der Waals surface area contributed by atoms with Crippen molar-refractivity contribution in [3.8, 4) is 17.3 Å². The van der Waals surface area contributed by atoms with Gasteiger partial charge in [-0.05, 0) is 43.0 Å². The zero-order chi connectivity index (χ0) is 21.0. The fraction of sp³-hybridized carbons (Fsp3) is 0.217. The van der Waals surface area contributed by atoms with Gasteiger partial charge >= 0.3 is 6.18 Å². The molecule has 0 amide bonds. The lowest BCUT2D eigenvalue weighted by Crippen LogP contribution is -2.28. The van der Waals surface area contributed by atoms with Gasteiger partial charge in [0.2, 0.25) is 0 Å². The lowest BCUT2D eigenvalue weighted by Gasteiger charge is -2.18. The smallest absolute Gasteiger partial charge is 0.307 e. The van der Waals surface area contributed by atoms with Crippen LogP contribution in [0.15, 0.2) is 65.5 Å². The van der Waals surface area contributed by atoms with E-state index in [0.717, 1.165) is 17.2 Å². The van der Waals surface area contributed by atoms with Crippen molar-refractivity contribution < 1.29 is 13.2 Å². The molecule has 0 N–H and O–H groups in total. The Morgan fingerprint density at radius 2 is 1.76 bits per heavy atom. The monoisotopic (exact) mass is 396 g/mol. The van der Waals surface area contributed by atoms with Crippen LogP contribution in [0.25, 0.3) is 11.3 Å². The summed E-state index contributed by atoms with van der Waals surface area (Å²) in [5.74, 6) is 0. The molecule has 29 heavy (non-hydrogen) atoms. The predicted molar refractivity (Wildman–Crippen MR) is 105 cm³/mol. The molecule has 0 unspecified atom stereocenters. The van der Waals surface area contributed by atoms with E-state index in [1.54, 1.807) is 18.2 Å². The van der Waals surface area contributed by atoms with Gasteiger partial charge in [0, 0.05) is 6.54 Å². The number of aromatic nitrogens is 1. The molecule has 3 rings (SSSR count). The number of benzene rings is 2. The van der Waals surface area contributed by atoms with Crippen LogP contribution in [-0.4, -0.2) is 4.57 Å². The van der Waals surface area contributed by atoms with Crippen molar-refractivity contribution in [3.63, 3.8) is 0 Å². The molecule has 2 aromatic carbocycles. The number of aryl methyl sites for hydroxylation is 2. The highest BCUT2D eigenvalue weighted by molar-refractivity contribution is 5.63. The molecular formula is C23H19F3N2O. The fourth-order valence-electron chi connectivity index (χ4n) is 3.33. The second-order valence-electron chi connectivity index (χ2n) is 6.84. The van der Waals surface area contributed by atoms with Gasteiger partial charge in [-0.1, -0.05) is 54.1 Å². The van der Waals surface area contributed by atoms with Crippen LogP contribution < -0.4 is 5.56 Å². The van der Waals surface area contributed by atoms with E-state index in [0.29, 0.717) is 18.4 Å². The van der Waals surface area contributed by atoms with E-state index in [2.05, 4.69) is 0 Å². The Bertz CT molecular complexity index is 1110. The molecule has 0 saturated heterocycles. The highest BCUT2D eigenvalue weighted by atomic mass is 19.4. The van der Waals surface area contributed by atoms with Gasteiger partial charge in [-0.15, -0.1) is 0 Å². The summed E-state index contributed by atoms with van der Waals surface area (Å²) < 4.78 is 41.8. The minimum Gasteiger partial charge on any atom is -0.307 e. The highest BCUT2D eigenvalue weighted by Crippen LogP contribution is 2.33. The molecule has 0 aliphatic carbocycles. The molecule has 6 heteroatoms. The molecule has 3 aromatic rings. The molecule has 0 aliphatic rings. The second kappa shape index (κ2) is 8.36. The maximum absolute atomic E-state index is 13.5. The van der Waals surface area contributed by atoms with Gasteiger partial charge in [0.15, 0.2) is 0 Å². The van der Waals surface area contributed by atoms with E-state index < -0.39 is 22.9 Å². The van der Waals surface area contributed by atoms with Crippen LogP contribution in [0.2, 0.25) is 0 Å². The number of alkyl halides is 3. The number of halogens is 3. The molecular weight excluding hydrogens is 377 g/mol. The number of hydrogen-bond donors (Lipinski definition) is 0. The van der Waals surface area contributed by atoms with Crippen LogP contribution in [0, 0.1) is 18.3 Å². The molecule has 1 aromatic heterocycles. The second-order valence-corrected chi connectivity index (χ2v) is 6.84. The van der Waals surface area contributed by atoms with Gasteiger partial charge < -0.3 is 4.57 Å². The normalized spacial score (nSPS) is 11.3. The number of rotatable bonds is 5. The Kier molecular flexibility index (Phi) is 5.88. The lowest BCUT2D eigenvalue weighted by molar-refractivity contribution is -0.137. The molecule has 3 nitrogen and oxygen atoms in total. The maximum atomic E-state index is 13.5. The predicted octanol–water partition coefficient (Wildman–Crippen LogP) is 5.35. The van der Waals surface area contributed by atoms with Crippen molar-refractivity contribution in [2.45, 2.75) is 32.5 Å². The Morgan fingerprint density at radius 3 is 2.38 bits per heavy atom. The molecule has 0 aliphatic heterocycles. The van der Waals surface area contributed by atoms with Crippen LogP contribution >= 0.6 is 0 Å². The number of pyridine rings is 1. The average molecular weight is 396 g/mol. The number of nitriles is 1. The van der Waals surface area contributed by atoms with Gasteiger partial charge in [0.05, 0.1) is 11.3 Å². The van der Waals surface area contributed by atoms with Crippen molar-refractivity contribution in [3.05, 3.63) is 93.3 Å². The summed E-state index contributed by atoms with van der Waals surface area (Å²) in [6.45, 7) is 2.04. The Morgan fingerprint density at radius 1 is 1.03 bits per heavy atom. The third-order valence-corrected chi connectivity index (χ3v) is 4.72. The SMILES string of the molecule is Cc1cccc(-c2cc(C(F)(F)F)c(C#N)c(=O)n2CCCc2ccccc2)c1. The number of hydrogen-bond acceptors (Lipinski definition) is 2. The Hall–Kier alpha value is -3.33. The first kappa shape index (κ1) is 20.4. The fourth-order valence-corrected chi connectivity index (χ4v) is 3.33. The van der Waals surface area contributed by atoms with E-state index in [1.807, 2.05) is 43.3 Å². The zero-order valence-electron chi connectivity index (χ0n) is 15.8. The third kappa shape index (κ3) is 4.57. The molecule has 0 bridgehead atoms. The first-order chi connectivity index (χ1) is 13.8. The van der Waals surface area contributed by atoms with E-state index in [9.17, 15) is 23.2 Å². The molecule has 0 atom stereocenters. The summed E-state index contributed by atoms with van der Waals surface area (Å²) in [4.78, 5) is 12.8. The van der Waals surface area contributed by atoms with Crippen molar-refractivity contribution in [2.24, 2.45) is 0 Å². The summed E-state index contributed by atoms with van der Waals surface area (Å²) >= 11 is 0. The van der Waals surface area contributed by atoms with Gasteiger partial charge in [0.1, 0.15) is 11.6 Å². The summed E-state index contributed by atoms with van der Waals surface area (Å²) in [6.07, 6.45) is -3.56. The van der Waals surface area contributed by atoms with Crippen molar-refractivity contribution in [2.75, 3.05) is 0 Å². The highest BCUT2D eigenvalue weighted by Gasteiger charge is 2.36. The first-order valence-corrected chi connectivity index (χ1v) is 9.17. The van der Waals surface area contributed by atoms with Gasteiger partial charge in [-0.2, -0.15) is 18.4 Å². The zero-order valence-corrected chi connectivity index (χ0v) is 15.8. The summed E-state index contributed by atoms with van der Waals surface area (Å²) in [7, 11) is 0. The van der Waals surface area contributed by atoms with Crippen LogP contribution in [0.3, 0.4) is 0 Å². The van der Waals surface area contributed by atoms with E-state index >= 15 is 0 Å². The third-order valence-electron chi connectivity index (χ3n) is 4.72. The summed E-state index contributed by atoms with van der Waals surface area (Å²) in [5.41, 5.74) is -0.356. The standard InChI is InChI=1S/C23H19F3N2O/c1-16-7-5-11-18(13-16)21-14-20(23(24,25)26)19(15-27)22(29)28(21)12-6-10-17-8-3-2-4-9-17/h2-5,7-9,11,13-14H,6,10,12H2,1H3. The van der Waals surface area contributed by atoms with Crippen molar-refractivity contribution in [1.82, 2.24) is 4.57 Å². The molecule has 1 heterocycles. The molecule has 0 radical (unpaired) electrons. The van der Waals surface area contributed by atoms with E-state index in [1.165, 1.54) is 10.6 Å².